The lowest BCUT2D eigenvalue weighted by Crippen LogP contribution is -2.59. The first-order valence-corrected chi connectivity index (χ1v) is 11.0. The summed E-state index contributed by atoms with van der Waals surface area (Å²) in [7, 11) is -2.97. The van der Waals surface area contributed by atoms with Gasteiger partial charge in [0.2, 0.25) is 0 Å². The fourth-order valence-corrected chi connectivity index (χ4v) is 6.42. The predicted octanol–water partition coefficient (Wildman–Crippen LogP) is 3.44. The molecule has 140 valence electrons. The molecule has 5 nitrogen and oxygen atoms in total. The number of hydrogen-bond acceptors (Lipinski definition) is 5. The highest BCUT2D eigenvalue weighted by Crippen LogP contribution is 2.35. The number of rotatable bonds is 13. The van der Waals surface area contributed by atoms with Crippen LogP contribution in [0.15, 0.2) is 0 Å². The Bertz CT molecular complexity index is 274. The van der Waals surface area contributed by atoms with Crippen molar-refractivity contribution in [2.24, 2.45) is 11.5 Å². The molecule has 0 aromatic rings. The van der Waals surface area contributed by atoms with Gasteiger partial charge in [0, 0.05) is 29.9 Å². The molecule has 6 heteroatoms. The van der Waals surface area contributed by atoms with Crippen LogP contribution in [0.1, 0.15) is 74.1 Å². The second-order valence-electron chi connectivity index (χ2n) is 6.66. The summed E-state index contributed by atoms with van der Waals surface area (Å²) in [6.45, 7) is 15.1. The minimum Gasteiger partial charge on any atom is -0.370 e. The van der Waals surface area contributed by atoms with Crippen LogP contribution in [0.5, 0.6) is 0 Å². The van der Waals surface area contributed by atoms with Gasteiger partial charge < -0.3 is 24.7 Å². The van der Waals surface area contributed by atoms with Crippen LogP contribution >= 0.6 is 0 Å². The quantitative estimate of drug-likeness (QED) is 0.498. The lowest BCUT2D eigenvalue weighted by molar-refractivity contribution is -0.0205. The largest absolute Gasteiger partial charge is 0.506 e. The van der Waals surface area contributed by atoms with Crippen molar-refractivity contribution in [2.45, 2.75) is 104 Å². The molecule has 0 aliphatic heterocycles. The van der Waals surface area contributed by atoms with E-state index in [1.54, 1.807) is 0 Å². The van der Waals surface area contributed by atoms with Crippen molar-refractivity contribution in [3.8, 4) is 0 Å². The highest BCUT2D eigenvalue weighted by Gasteiger charge is 2.53. The lowest BCUT2D eigenvalue weighted by atomic mass is 10.2. The Hall–Kier alpha value is 0.0169. The van der Waals surface area contributed by atoms with Crippen molar-refractivity contribution in [2.75, 3.05) is 6.54 Å². The zero-order chi connectivity index (χ0) is 18.0. The van der Waals surface area contributed by atoms with Crippen LogP contribution in [0.4, 0.5) is 0 Å². The van der Waals surface area contributed by atoms with Crippen LogP contribution in [0, 0.1) is 0 Å². The van der Waals surface area contributed by atoms with E-state index in [0.29, 0.717) is 6.54 Å². The Morgan fingerprint density at radius 1 is 0.783 bits per heavy atom. The van der Waals surface area contributed by atoms with E-state index in [4.69, 9.17) is 24.7 Å². The maximum Gasteiger partial charge on any atom is 0.506 e. The molecule has 0 aliphatic rings. The first kappa shape index (κ1) is 23.0. The van der Waals surface area contributed by atoms with E-state index >= 15 is 0 Å². The minimum absolute atomic E-state index is 0.0181. The summed E-state index contributed by atoms with van der Waals surface area (Å²) in [5, 5.41) is 0. The minimum atomic E-state index is -2.97. The molecule has 23 heavy (non-hydrogen) atoms. The SMILES string of the molecule is CCC(C)O[Si](OC(C)CC)(OC(C)CC)C(CCN)C(C)N. The predicted molar refractivity (Wildman–Crippen MR) is 99.3 cm³/mol. The molecule has 0 saturated carbocycles. The van der Waals surface area contributed by atoms with Crippen molar-refractivity contribution in [1.82, 2.24) is 0 Å². The van der Waals surface area contributed by atoms with Crippen molar-refractivity contribution >= 4 is 8.80 Å². The lowest BCUT2D eigenvalue weighted by Gasteiger charge is -2.42. The third-order valence-corrected chi connectivity index (χ3v) is 8.30. The Balaban J connectivity index is 5.74. The van der Waals surface area contributed by atoms with Gasteiger partial charge in [0.25, 0.3) is 0 Å². The van der Waals surface area contributed by atoms with Crippen LogP contribution in [0.25, 0.3) is 0 Å². The van der Waals surface area contributed by atoms with Gasteiger partial charge in [0.05, 0.1) is 0 Å². The Morgan fingerprint density at radius 2 is 1.13 bits per heavy atom. The molecule has 0 aromatic carbocycles. The van der Waals surface area contributed by atoms with Gasteiger partial charge >= 0.3 is 8.80 Å². The Labute approximate surface area is 144 Å². The zero-order valence-electron chi connectivity index (χ0n) is 16.3. The molecule has 5 atom stereocenters. The molecule has 0 fully saturated rings. The van der Waals surface area contributed by atoms with Gasteiger partial charge in [-0.05, 0) is 59.9 Å². The molecule has 0 amide bonds. The average Bonchev–Trinajstić information content (AvgIpc) is 2.51. The van der Waals surface area contributed by atoms with Crippen molar-refractivity contribution in [3.05, 3.63) is 0 Å². The van der Waals surface area contributed by atoms with Crippen molar-refractivity contribution in [1.29, 1.82) is 0 Å². The third-order valence-electron chi connectivity index (χ3n) is 4.39. The summed E-state index contributed by atoms with van der Waals surface area (Å²) in [6, 6.07) is -0.0811. The molecular weight excluding hydrogens is 308 g/mol. The molecule has 0 radical (unpaired) electrons. The van der Waals surface area contributed by atoms with E-state index in [1.165, 1.54) is 0 Å². The molecule has 0 saturated heterocycles. The van der Waals surface area contributed by atoms with Gasteiger partial charge in [-0.2, -0.15) is 0 Å². The van der Waals surface area contributed by atoms with E-state index in [2.05, 4.69) is 41.5 Å². The first-order chi connectivity index (χ1) is 10.8. The molecule has 5 unspecified atom stereocenters. The Kier molecular flexibility index (Phi) is 11.6. The van der Waals surface area contributed by atoms with E-state index < -0.39 is 8.80 Å². The van der Waals surface area contributed by atoms with Crippen LogP contribution < -0.4 is 11.5 Å². The maximum atomic E-state index is 6.47. The van der Waals surface area contributed by atoms with E-state index in [9.17, 15) is 0 Å². The molecule has 4 N–H and O–H groups in total. The number of hydrogen-bond donors (Lipinski definition) is 2. The molecule has 0 spiro atoms. The molecule has 0 aliphatic carbocycles. The normalized spacial score (nSPS) is 21.3. The summed E-state index contributed by atoms with van der Waals surface area (Å²) >= 11 is 0. The third kappa shape index (κ3) is 7.62. The van der Waals surface area contributed by atoms with Gasteiger partial charge in [-0.15, -0.1) is 0 Å². The second-order valence-corrected chi connectivity index (χ2v) is 9.31. The maximum absolute atomic E-state index is 6.47. The van der Waals surface area contributed by atoms with E-state index in [1.807, 2.05) is 6.92 Å². The summed E-state index contributed by atoms with van der Waals surface area (Å²) < 4.78 is 19.4. The van der Waals surface area contributed by atoms with Crippen molar-refractivity contribution < 1.29 is 13.3 Å². The summed E-state index contributed by atoms with van der Waals surface area (Å²) in [4.78, 5) is 0. The molecule has 0 rings (SSSR count). The molecular formula is C17H40N2O3Si. The van der Waals surface area contributed by atoms with Crippen LogP contribution in [-0.4, -0.2) is 39.7 Å². The standard InChI is InChI=1S/C17H40N2O3Si/c1-8-13(4)20-23(21-14(5)9-2,22-15(6)10-3)17(11-12-18)16(7)19/h13-17H,8-12,18-19H2,1-7H3. The first-order valence-electron chi connectivity index (χ1n) is 9.25. The monoisotopic (exact) mass is 348 g/mol. The average molecular weight is 349 g/mol. The molecule has 0 bridgehead atoms. The van der Waals surface area contributed by atoms with Gasteiger partial charge in [0.1, 0.15) is 0 Å². The molecule has 0 aromatic heterocycles. The van der Waals surface area contributed by atoms with E-state index in [0.717, 1.165) is 25.7 Å². The highest BCUT2D eigenvalue weighted by atomic mass is 28.4. The van der Waals surface area contributed by atoms with Gasteiger partial charge in [0.15, 0.2) is 0 Å². The fraction of sp³-hybridized carbons (Fsp3) is 1.00. The van der Waals surface area contributed by atoms with Gasteiger partial charge in [-0.1, -0.05) is 20.8 Å². The second kappa shape index (κ2) is 11.6. The summed E-state index contributed by atoms with van der Waals surface area (Å²) in [5.74, 6) is 0. The topological polar surface area (TPSA) is 79.7 Å². The summed E-state index contributed by atoms with van der Waals surface area (Å²) in [5.41, 5.74) is 12.2. The smallest absolute Gasteiger partial charge is 0.370 e. The fourth-order valence-electron chi connectivity index (χ4n) is 2.38. The van der Waals surface area contributed by atoms with Crippen molar-refractivity contribution in [3.63, 3.8) is 0 Å². The van der Waals surface area contributed by atoms with Gasteiger partial charge in [-0.3, -0.25) is 0 Å². The van der Waals surface area contributed by atoms with Crippen LogP contribution in [-0.2, 0) is 13.3 Å². The highest BCUT2D eigenvalue weighted by molar-refractivity contribution is 6.62. The number of nitrogens with two attached hydrogens (primary N) is 2. The van der Waals surface area contributed by atoms with Gasteiger partial charge in [-0.25, -0.2) is 0 Å². The van der Waals surface area contributed by atoms with Crippen LogP contribution in [0.3, 0.4) is 0 Å². The van der Waals surface area contributed by atoms with E-state index in [-0.39, 0.29) is 29.9 Å². The summed E-state index contributed by atoms with van der Waals surface area (Å²) in [6.07, 6.45) is 3.73. The zero-order valence-corrected chi connectivity index (χ0v) is 17.3. The molecule has 0 heterocycles. The Morgan fingerprint density at radius 3 is 1.35 bits per heavy atom. The van der Waals surface area contributed by atoms with Crippen LogP contribution in [0.2, 0.25) is 5.54 Å².